The number of ether oxygens (including phenoxy) is 1. The van der Waals surface area contributed by atoms with Crippen molar-refractivity contribution < 1.29 is 48.0 Å². The molecule has 0 saturated heterocycles. The minimum Gasteiger partial charge on any atom is -1.00 e. The van der Waals surface area contributed by atoms with Crippen molar-refractivity contribution in [1.29, 1.82) is 0 Å². The number of thioether (sulfide) groups is 1. The molecule has 3 aliphatic carbocycles. The number of aromatic nitrogens is 1. The van der Waals surface area contributed by atoms with E-state index in [9.17, 15) is 14.7 Å². The summed E-state index contributed by atoms with van der Waals surface area (Å²) in [7, 11) is 0. The van der Waals surface area contributed by atoms with Crippen molar-refractivity contribution in [2.75, 3.05) is 5.75 Å². The normalized spacial score (nSPS) is 38.4. The van der Waals surface area contributed by atoms with Crippen LogP contribution in [0.1, 0.15) is 79.6 Å². The van der Waals surface area contributed by atoms with Crippen molar-refractivity contribution in [3.8, 4) is 0 Å². The highest BCUT2D eigenvalue weighted by Gasteiger charge is 2.68. The highest BCUT2D eigenvalue weighted by molar-refractivity contribution is 8.00. The first kappa shape index (κ1) is 31.6. The molecule has 8 atom stereocenters. The second-order valence-corrected chi connectivity index (χ2v) is 13.5. The lowest BCUT2D eigenvalue weighted by Crippen LogP contribution is -3.00. The van der Waals surface area contributed by atoms with Gasteiger partial charge in [0.15, 0.2) is 12.4 Å². The predicted molar refractivity (Wildman–Crippen MR) is 147 cm³/mol. The molecule has 2 bridgehead atoms. The van der Waals surface area contributed by atoms with Gasteiger partial charge in [0.1, 0.15) is 18.4 Å². The molecular formula is C31H46INO4S. The molecule has 0 spiro atoms. The first-order valence-electron chi connectivity index (χ1n) is 14.2. The van der Waals surface area contributed by atoms with Crippen LogP contribution < -0.4 is 28.5 Å². The number of halogens is 1. The summed E-state index contributed by atoms with van der Waals surface area (Å²) in [4.78, 5) is 27.8. The molecule has 3 aliphatic rings. The molecule has 1 aromatic rings. The van der Waals surface area contributed by atoms with E-state index in [0.29, 0.717) is 12.8 Å². The highest BCUT2D eigenvalue weighted by atomic mass is 127. The molecule has 7 heteroatoms. The smallest absolute Gasteiger partial charge is 0.316 e. The molecule has 0 aromatic carbocycles. The fraction of sp³-hybridized carbons (Fsp3) is 0.710. The maximum atomic E-state index is 13.5. The summed E-state index contributed by atoms with van der Waals surface area (Å²) < 4.78 is 8.51. The third kappa shape index (κ3) is 5.50. The SMILES string of the molecule is C=C[C@]1(C)C[C@@H](OC(=O)CSc2cc[n+](CCCC)cc2)[C@]2(C)[C@H](C)CC[C@]3(CCC(=O)[C@H]32)[C@@H](C)[C@@H]1O.[I-]. The molecule has 5 nitrogen and oxygen atoms in total. The van der Waals surface area contributed by atoms with Crippen molar-refractivity contribution in [2.24, 2.45) is 34.0 Å². The van der Waals surface area contributed by atoms with Crippen LogP contribution in [-0.4, -0.2) is 34.8 Å². The van der Waals surface area contributed by atoms with Gasteiger partial charge in [0, 0.05) is 46.6 Å². The highest BCUT2D eigenvalue weighted by Crippen LogP contribution is 2.68. The Kier molecular flexibility index (Phi) is 10.2. The molecule has 4 rings (SSSR count). The Labute approximate surface area is 250 Å². The number of rotatable bonds is 8. The van der Waals surface area contributed by atoms with Gasteiger partial charge in [0.05, 0.1) is 11.9 Å². The number of aryl methyl sites for hydroxylation is 1. The first-order valence-corrected chi connectivity index (χ1v) is 15.2. The monoisotopic (exact) mass is 655 g/mol. The van der Waals surface area contributed by atoms with Crippen molar-refractivity contribution in [1.82, 2.24) is 0 Å². The number of hydrogen-bond acceptors (Lipinski definition) is 5. The van der Waals surface area contributed by atoms with E-state index in [-0.39, 0.29) is 64.7 Å². The molecule has 0 radical (unpaired) electrons. The fourth-order valence-corrected chi connectivity index (χ4v) is 8.53. The lowest BCUT2D eigenvalue weighted by atomic mass is 9.44. The van der Waals surface area contributed by atoms with Gasteiger partial charge in [0.25, 0.3) is 0 Å². The van der Waals surface area contributed by atoms with Gasteiger partial charge in [-0.15, -0.1) is 18.3 Å². The Morgan fingerprint density at radius 2 is 1.95 bits per heavy atom. The topological polar surface area (TPSA) is 67.5 Å². The minimum atomic E-state index is -0.643. The van der Waals surface area contributed by atoms with Gasteiger partial charge in [-0.2, -0.15) is 0 Å². The number of Topliss-reactive ketones (excluding diaryl/α,β-unsaturated/α-hetero) is 1. The quantitative estimate of drug-likeness (QED) is 0.154. The van der Waals surface area contributed by atoms with Crippen LogP contribution in [0.2, 0.25) is 0 Å². The zero-order valence-electron chi connectivity index (χ0n) is 23.7. The molecule has 0 aliphatic heterocycles. The summed E-state index contributed by atoms with van der Waals surface area (Å²) in [5, 5.41) is 11.6. The molecule has 0 unspecified atom stereocenters. The van der Waals surface area contributed by atoms with Crippen molar-refractivity contribution in [3.05, 3.63) is 37.2 Å². The lowest BCUT2D eigenvalue weighted by Gasteiger charge is -2.61. The summed E-state index contributed by atoms with van der Waals surface area (Å²) in [5.74, 6) is 0.258. The van der Waals surface area contributed by atoms with Crippen molar-refractivity contribution >= 4 is 23.5 Å². The van der Waals surface area contributed by atoms with Crippen molar-refractivity contribution in [3.63, 3.8) is 0 Å². The number of aliphatic hydroxyl groups excluding tert-OH is 1. The number of carbonyl (C=O) groups is 2. The number of pyridine rings is 1. The van der Waals surface area contributed by atoms with Gasteiger partial charge >= 0.3 is 5.97 Å². The van der Waals surface area contributed by atoms with Crippen LogP contribution in [0.25, 0.3) is 0 Å². The second-order valence-electron chi connectivity index (χ2n) is 12.5. The maximum absolute atomic E-state index is 13.5. The summed E-state index contributed by atoms with van der Waals surface area (Å²) >= 11 is 1.48. The molecule has 0 amide bonds. The Bertz CT molecular complexity index is 1020. The fourth-order valence-electron chi connectivity index (χ4n) is 7.87. The third-order valence-electron chi connectivity index (χ3n) is 10.6. The maximum Gasteiger partial charge on any atom is 0.316 e. The van der Waals surface area contributed by atoms with Crippen LogP contribution in [0, 0.1) is 34.0 Å². The number of nitrogens with zero attached hydrogens (tertiary/aromatic N) is 1. The van der Waals surface area contributed by atoms with Gasteiger partial charge < -0.3 is 33.8 Å². The average Bonchev–Trinajstić information content (AvgIpc) is 3.25. The predicted octanol–water partition coefficient (Wildman–Crippen LogP) is 2.78. The number of carbonyl (C=O) groups excluding carboxylic acids is 2. The van der Waals surface area contributed by atoms with E-state index in [1.54, 1.807) is 0 Å². The van der Waals surface area contributed by atoms with Crippen LogP contribution in [0.15, 0.2) is 42.1 Å². The number of aliphatic hydroxyl groups is 1. The zero-order valence-corrected chi connectivity index (χ0v) is 26.7. The van der Waals surface area contributed by atoms with E-state index < -0.39 is 23.0 Å². The molecule has 212 valence electrons. The summed E-state index contributed by atoms with van der Waals surface area (Å²) in [6, 6.07) is 4.10. The number of esters is 1. The molecule has 1 heterocycles. The third-order valence-corrected chi connectivity index (χ3v) is 11.5. The van der Waals surface area contributed by atoms with E-state index in [1.807, 2.05) is 25.1 Å². The Morgan fingerprint density at radius 3 is 2.58 bits per heavy atom. The van der Waals surface area contributed by atoms with E-state index in [4.69, 9.17) is 4.74 Å². The molecule has 1 aromatic heterocycles. The Balaban J connectivity index is 0.00000400. The summed E-state index contributed by atoms with van der Waals surface area (Å²) in [5.41, 5.74) is -1.33. The lowest BCUT2D eigenvalue weighted by molar-refractivity contribution is -0.697. The van der Waals surface area contributed by atoms with Crippen LogP contribution in [-0.2, 0) is 20.9 Å². The first-order chi connectivity index (χ1) is 17.5. The molecule has 3 saturated carbocycles. The minimum absolute atomic E-state index is 0. The van der Waals surface area contributed by atoms with Gasteiger partial charge in [-0.3, -0.25) is 9.59 Å². The van der Waals surface area contributed by atoms with Crippen molar-refractivity contribution in [2.45, 2.75) is 103 Å². The molecule has 38 heavy (non-hydrogen) atoms. The van der Waals surface area contributed by atoms with Crippen LogP contribution in [0.5, 0.6) is 0 Å². The van der Waals surface area contributed by atoms with Crippen LogP contribution >= 0.6 is 11.8 Å². The zero-order chi connectivity index (χ0) is 27.0. The van der Waals surface area contributed by atoms with Crippen LogP contribution in [0.4, 0.5) is 0 Å². The second kappa shape index (κ2) is 12.3. The van der Waals surface area contributed by atoms with E-state index in [2.05, 4.69) is 51.2 Å². The number of hydrogen-bond donors (Lipinski definition) is 1. The van der Waals surface area contributed by atoms with E-state index >= 15 is 0 Å². The van der Waals surface area contributed by atoms with E-state index in [1.165, 1.54) is 11.8 Å². The van der Waals surface area contributed by atoms with Gasteiger partial charge in [-0.05, 0) is 42.9 Å². The Morgan fingerprint density at radius 1 is 1.26 bits per heavy atom. The largest absolute Gasteiger partial charge is 1.00 e. The standard InChI is InChI=1S/C31H46NO4S.HI/c1-7-9-16-32-17-12-23(13-18-32)37-20-26(34)36-25-19-29(5,8-2)28(35)22(4)31-14-10-21(3)30(25,6)27(31)24(33)11-15-31;/h8,12-13,17-18,21-22,25,27-28,35H,2,7,9-11,14-16,19-20H2,1,3-6H3;1H/q+1;/p-1/t21-,22+,25-,27+,28+,29-,30+,31+;/m1./s1. The van der Waals surface area contributed by atoms with Gasteiger partial charge in [-0.25, -0.2) is 4.57 Å². The van der Waals surface area contributed by atoms with Crippen LogP contribution in [0.3, 0.4) is 0 Å². The molecule has 1 N–H and O–H groups in total. The number of ketones is 1. The summed E-state index contributed by atoms with van der Waals surface area (Å²) in [6.45, 7) is 15.8. The van der Waals surface area contributed by atoms with E-state index in [0.717, 1.165) is 43.5 Å². The number of unbranched alkanes of at least 4 members (excludes halogenated alkanes) is 1. The van der Waals surface area contributed by atoms with Gasteiger partial charge in [-0.1, -0.05) is 47.1 Å². The van der Waals surface area contributed by atoms with Gasteiger partial charge in [0.2, 0.25) is 0 Å². The Hall–Kier alpha value is -0.930. The summed E-state index contributed by atoms with van der Waals surface area (Å²) in [6.07, 6.45) is 10.9. The molecular weight excluding hydrogens is 609 g/mol. The average molecular weight is 656 g/mol. The molecule has 3 fully saturated rings.